The monoisotopic (exact) mass is 476 g/mol. The maximum atomic E-state index is 13.1. The molecule has 2 heterocycles. The largest absolute Gasteiger partial charge is 0.480 e. The summed E-state index contributed by atoms with van der Waals surface area (Å²) in [7, 11) is 0. The third-order valence-corrected chi connectivity index (χ3v) is 5.01. The molecule has 2 aromatic rings. The fraction of sp³-hybridized carbons (Fsp3) is 0.524. The Labute approximate surface area is 196 Å². The smallest absolute Gasteiger partial charge is 0.325 e. The summed E-state index contributed by atoms with van der Waals surface area (Å²) < 4.78 is 0. The van der Waals surface area contributed by atoms with Gasteiger partial charge < -0.3 is 36.8 Å². The molecule has 2 aromatic heterocycles. The summed E-state index contributed by atoms with van der Waals surface area (Å²) in [5.41, 5.74) is 7.23. The lowest BCUT2D eigenvalue weighted by Crippen LogP contribution is -2.57. The molecule has 0 bridgehead atoms. The first-order valence-electron chi connectivity index (χ1n) is 10.9. The van der Waals surface area contributed by atoms with Crippen LogP contribution >= 0.6 is 0 Å². The first-order valence-corrected chi connectivity index (χ1v) is 10.9. The zero-order valence-electron chi connectivity index (χ0n) is 19.4. The Hall–Kier alpha value is -3.74. The number of hydrogen-bond donors (Lipinski definition) is 7. The van der Waals surface area contributed by atoms with Crippen molar-refractivity contribution in [2.24, 2.45) is 11.7 Å². The molecule has 0 aliphatic heterocycles. The van der Waals surface area contributed by atoms with Crippen LogP contribution in [0.4, 0.5) is 0 Å². The first-order chi connectivity index (χ1) is 16.1. The molecule has 0 fully saturated rings. The van der Waals surface area contributed by atoms with Gasteiger partial charge >= 0.3 is 5.97 Å². The predicted molar refractivity (Wildman–Crippen MR) is 121 cm³/mol. The minimum Gasteiger partial charge on any atom is -0.480 e. The molecule has 0 aromatic carbocycles. The van der Waals surface area contributed by atoms with Gasteiger partial charge in [-0.25, -0.2) is 9.97 Å². The number of carboxylic acids is 1. The zero-order valence-corrected chi connectivity index (χ0v) is 19.4. The Morgan fingerprint density at radius 3 is 1.91 bits per heavy atom. The molecule has 8 N–H and O–H groups in total. The van der Waals surface area contributed by atoms with Crippen LogP contribution in [-0.4, -0.2) is 72.9 Å². The number of aromatic amines is 2. The van der Waals surface area contributed by atoms with Gasteiger partial charge in [0.15, 0.2) is 0 Å². The summed E-state index contributed by atoms with van der Waals surface area (Å²) in [6.45, 7) is 5.10. The van der Waals surface area contributed by atoms with Crippen LogP contribution in [0.5, 0.6) is 0 Å². The van der Waals surface area contributed by atoms with E-state index in [2.05, 4.69) is 35.9 Å². The van der Waals surface area contributed by atoms with Crippen molar-refractivity contribution in [1.29, 1.82) is 0 Å². The summed E-state index contributed by atoms with van der Waals surface area (Å²) in [5, 5.41) is 16.8. The highest BCUT2D eigenvalue weighted by atomic mass is 16.4. The highest BCUT2D eigenvalue weighted by Gasteiger charge is 2.30. The summed E-state index contributed by atoms with van der Waals surface area (Å²) in [4.78, 5) is 63.1. The Kier molecular flexibility index (Phi) is 9.74. The van der Waals surface area contributed by atoms with Crippen molar-refractivity contribution in [2.75, 3.05) is 0 Å². The minimum absolute atomic E-state index is 0.0472. The van der Waals surface area contributed by atoms with Crippen molar-refractivity contribution in [2.45, 2.75) is 64.2 Å². The molecule has 4 atom stereocenters. The van der Waals surface area contributed by atoms with Crippen LogP contribution in [0.15, 0.2) is 25.0 Å². The fourth-order valence-electron chi connectivity index (χ4n) is 3.18. The zero-order chi connectivity index (χ0) is 25.3. The van der Waals surface area contributed by atoms with E-state index in [1.165, 1.54) is 25.8 Å². The van der Waals surface area contributed by atoms with Gasteiger partial charge in [-0.05, 0) is 19.3 Å². The molecule has 0 radical (unpaired) electrons. The first kappa shape index (κ1) is 26.5. The van der Waals surface area contributed by atoms with Gasteiger partial charge in [0.25, 0.3) is 0 Å². The van der Waals surface area contributed by atoms with Crippen LogP contribution in [0, 0.1) is 5.92 Å². The van der Waals surface area contributed by atoms with Gasteiger partial charge in [0.05, 0.1) is 18.7 Å². The number of imidazole rings is 2. The number of carboxylic acid groups (broad SMARTS) is 1. The van der Waals surface area contributed by atoms with E-state index in [1.807, 2.05) is 13.8 Å². The molecule has 13 heteroatoms. The van der Waals surface area contributed by atoms with Crippen molar-refractivity contribution in [3.05, 3.63) is 36.4 Å². The molecule has 13 nitrogen and oxygen atoms in total. The molecule has 4 unspecified atom stereocenters. The Morgan fingerprint density at radius 2 is 1.41 bits per heavy atom. The molecule has 186 valence electrons. The number of hydrogen-bond acceptors (Lipinski definition) is 7. The standard InChI is InChI=1S/C21H32N8O5/c1-11(2)4-16(28-18(30)15(22)5-13-7-23-9-25-13)20(32)29-17(6-14-8-24-10-26-14)19(31)27-12(3)21(33)34/h7-12,15-17H,4-6,22H2,1-3H3,(H,23,25)(H,24,26)(H,27,31)(H,28,30)(H,29,32)(H,33,34). The molecule has 3 amide bonds. The van der Waals surface area contributed by atoms with E-state index in [4.69, 9.17) is 10.8 Å². The maximum Gasteiger partial charge on any atom is 0.325 e. The molecule has 2 rings (SSSR count). The molecule has 0 spiro atoms. The van der Waals surface area contributed by atoms with Crippen molar-refractivity contribution in [1.82, 2.24) is 35.9 Å². The van der Waals surface area contributed by atoms with Gasteiger partial charge in [-0.3, -0.25) is 19.2 Å². The lowest BCUT2D eigenvalue weighted by molar-refractivity contribution is -0.141. The van der Waals surface area contributed by atoms with Crippen molar-refractivity contribution >= 4 is 23.7 Å². The molecule has 0 saturated heterocycles. The number of rotatable bonds is 13. The average Bonchev–Trinajstić information content (AvgIpc) is 3.46. The van der Waals surface area contributed by atoms with Crippen LogP contribution in [0.2, 0.25) is 0 Å². The topological polar surface area (TPSA) is 208 Å². The van der Waals surface area contributed by atoms with E-state index in [-0.39, 0.29) is 18.8 Å². The number of carbonyl (C=O) groups is 4. The molecular weight excluding hydrogens is 444 g/mol. The van der Waals surface area contributed by atoms with E-state index in [1.54, 1.807) is 6.20 Å². The van der Waals surface area contributed by atoms with Crippen molar-refractivity contribution < 1.29 is 24.3 Å². The third-order valence-electron chi connectivity index (χ3n) is 5.01. The maximum absolute atomic E-state index is 13.1. The normalized spacial score (nSPS) is 14.6. The Bertz CT molecular complexity index is 945. The second-order valence-corrected chi connectivity index (χ2v) is 8.49. The van der Waals surface area contributed by atoms with E-state index in [9.17, 15) is 19.2 Å². The predicted octanol–water partition coefficient (Wildman–Crippen LogP) is -1.15. The summed E-state index contributed by atoms with van der Waals surface area (Å²) in [5.74, 6) is -2.95. The number of amides is 3. The number of carbonyl (C=O) groups excluding carboxylic acids is 3. The Morgan fingerprint density at radius 1 is 0.882 bits per heavy atom. The molecule has 0 aliphatic rings. The van der Waals surface area contributed by atoms with E-state index in [0.717, 1.165) is 0 Å². The minimum atomic E-state index is -1.21. The van der Waals surface area contributed by atoms with Crippen molar-refractivity contribution in [3.8, 4) is 0 Å². The third kappa shape index (κ3) is 8.31. The lowest BCUT2D eigenvalue weighted by atomic mass is 10.0. The number of nitrogens with two attached hydrogens (primary N) is 1. The second kappa shape index (κ2) is 12.5. The number of aliphatic carboxylic acids is 1. The Balaban J connectivity index is 2.11. The lowest BCUT2D eigenvalue weighted by Gasteiger charge is -2.25. The molecular formula is C21H32N8O5. The van der Waals surface area contributed by atoms with Crippen LogP contribution in [0.1, 0.15) is 38.6 Å². The highest BCUT2D eigenvalue weighted by Crippen LogP contribution is 2.08. The number of aromatic nitrogens is 4. The van der Waals surface area contributed by atoms with Gasteiger partial charge in [-0.15, -0.1) is 0 Å². The summed E-state index contributed by atoms with van der Waals surface area (Å²) in [6, 6.07) is -4.11. The van der Waals surface area contributed by atoms with Crippen molar-refractivity contribution in [3.63, 3.8) is 0 Å². The van der Waals surface area contributed by atoms with Crippen LogP contribution in [0.3, 0.4) is 0 Å². The van der Waals surface area contributed by atoms with Gasteiger partial charge in [0.2, 0.25) is 17.7 Å². The number of H-pyrrole nitrogens is 2. The SMILES string of the molecule is CC(C)CC(NC(=O)C(N)Cc1cnc[nH]1)C(=O)NC(Cc1cnc[nH]1)C(=O)NC(C)C(=O)O. The van der Waals surface area contributed by atoms with Gasteiger partial charge in [0.1, 0.15) is 18.1 Å². The number of nitrogens with one attached hydrogen (secondary N) is 5. The molecule has 0 saturated carbocycles. The van der Waals surface area contributed by atoms with Gasteiger partial charge in [-0.1, -0.05) is 13.8 Å². The van der Waals surface area contributed by atoms with E-state index in [0.29, 0.717) is 17.8 Å². The summed E-state index contributed by atoms with van der Waals surface area (Å²) >= 11 is 0. The van der Waals surface area contributed by atoms with E-state index < -0.39 is 47.9 Å². The van der Waals surface area contributed by atoms with E-state index >= 15 is 0 Å². The number of nitrogens with zero attached hydrogens (tertiary/aromatic N) is 2. The highest BCUT2D eigenvalue weighted by molar-refractivity contribution is 5.94. The second-order valence-electron chi connectivity index (χ2n) is 8.49. The molecule has 0 aliphatic carbocycles. The quantitative estimate of drug-likeness (QED) is 0.187. The van der Waals surface area contributed by atoms with Crippen LogP contribution in [-0.2, 0) is 32.0 Å². The van der Waals surface area contributed by atoms with Crippen LogP contribution in [0.25, 0.3) is 0 Å². The fourth-order valence-corrected chi connectivity index (χ4v) is 3.18. The molecule has 34 heavy (non-hydrogen) atoms. The van der Waals surface area contributed by atoms with Gasteiger partial charge in [0, 0.05) is 36.6 Å². The van der Waals surface area contributed by atoms with Crippen LogP contribution < -0.4 is 21.7 Å². The average molecular weight is 477 g/mol. The summed E-state index contributed by atoms with van der Waals surface area (Å²) in [6.07, 6.45) is 6.51. The van der Waals surface area contributed by atoms with Gasteiger partial charge in [-0.2, -0.15) is 0 Å².